The molecule has 1 aromatic carbocycles. The molecule has 98 valence electrons. The summed E-state index contributed by atoms with van der Waals surface area (Å²) in [5.41, 5.74) is -1.02. The van der Waals surface area contributed by atoms with Gasteiger partial charge in [-0.2, -0.15) is 0 Å². The van der Waals surface area contributed by atoms with Crippen molar-refractivity contribution in [2.24, 2.45) is 0 Å². The molecule has 0 aliphatic rings. The maximum atomic E-state index is 13.1. The Hall–Kier alpha value is -1.37. The molecule has 0 N–H and O–H groups in total. The number of hydrogen-bond donors (Lipinski definition) is 0. The maximum absolute atomic E-state index is 13.1. The van der Waals surface area contributed by atoms with E-state index in [4.69, 9.17) is 0 Å². The summed E-state index contributed by atoms with van der Waals surface area (Å²) in [4.78, 5) is 10.6. The topological polar surface area (TPSA) is 17.1 Å². The van der Waals surface area contributed by atoms with E-state index in [1.807, 2.05) is 0 Å². The lowest BCUT2D eigenvalue weighted by molar-refractivity contribution is -0.109. The van der Waals surface area contributed by atoms with Crippen LogP contribution >= 0.6 is 11.8 Å². The van der Waals surface area contributed by atoms with E-state index in [9.17, 15) is 26.7 Å². The smallest absolute Gasteiger partial charge is 0.200 e. The van der Waals surface area contributed by atoms with Crippen LogP contribution in [0.5, 0.6) is 0 Å². The highest BCUT2D eigenvalue weighted by Crippen LogP contribution is 2.24. The Kier molecular flexibility index (Phi) is 4.89. The molecule has 0 aliphatic carbocycles. The standard InChI is InChI=1S/C11H7F5OS/c1-5(17)18-4-2-3-6-7(12)9(14)11(16)10(15)8(6)13/h2-3H,4H2,1H3. The van der Waals surface area contributed by atoms with Crippen LogP contribution in [0, 0.1) is 29.1 Å². The number of benzene rings is 1. The molecule has 0 aromatic heterocycles. The van der Waals surface area contributed by atoms with Gasteiger partial charge in [0.15, 0.2) is 28.4 Å². The summed E-state index contributed by atoms with van der Waals surface area (Å²) in [6.45, 7) is 1.29. The van der Waals surface area contributed by atoms with Gasteiger partial charge in [-0.15, -0.1) is 0 Å². The van der Waals surface area contributed by atoms with Crippen LogP contribution in [-0.4, -0.2) is 10.9 Å². The van der Waals surface area contributed by atoms with Gasteiger partial charge < -0.3 is 0 Å². The normalized spacial score (nSPS) is 11.2. The summed E-state index contributed by atoms with van der Waals surface area (Å²) in [5, 5.41) is -0.225. The molecule has 0 fully saturated rings. The van der Waals surface area contributed by atoms with Crippen LogP contribution in [0.3, 0.4) is 0 Å². The van der Waals surface area contributed by atoms with Crippen LogP contribution in [0.1, 0.15) is 12.5 Å². The van der Waals surface area contributed by atoms with E-state index in [0.717, 1.165) is 23.9 Å². The van der Waals surface area contributed by atoms with Gasteiger partial charge in [-0.05, 0) is 0 Å². The predicted molar refractivity (Wildman–Crippen MR) is 58.4 cm³/mol. The van der Waals surface area contributed by atoms with E-state index >= 15 is 0 Å². The van der Waals surface area contributed by atoms with Gasteiger partial charge in [0.25, 0.3) is 0 Å². The van der Waals surface area contributed by atoms with Gasteiger partial charge in [0, 0.05) is 12.7 Å². The Labute approximate surface area is 104 Å². The number of rotatable bonds is 3. The van der Waals surface area contributed by atoms with Crippen molar-refractivity contribution in [2.45, 2.75) is 6.92 Å². The molecule has 1 nitrogen and oxygen atoms in total. The highest BCUT2D eigenvalue weighted by atomic mass is 32.2. The van der Waals surface area contributed by atoms with E-state index in [1.165, 1.54) is 6.92 Å². The minimum atomic E-state index is -2.19. The zero-order chi connectivity index (χ0) is 13.9. The van der Waals surface area contributed by atoms with E-state index in [0.29, 0.717) is 0 Å². The summed E-state index contributed by atoms with van der Waals surface area (Å²) in [6.07, 6.45) is 1.90. The zero-order valence-electron chi connectivity index (χ0n) is 9.07. The molecule has 0 bridgehead atoms. The first-order valence-corrected chi connectivity index (χ1v) is 5.66. The van der Waals surface area contributed by atoms with Crippen molar-refractivity contribution in [1.82, 2.24) is 0 Å². The molecule has 0 atom stereocenters. The van der Waals surface area contributed by atoms with E-state index < -0.39 is 34.6 Å². The fourth-order valence-corrected chi connectivity index (χ4v) is 1.53. The largest absolute Gasteiger partial charge is 0.288 e. The minimum absolute atomic E-state index is 0.0782. The zero-order valence-corrected chi connectivity index (χ0v) is 9.88. The van der Waals surface area contributed by atoms with Crippen LogP contribution in [0.25, 0.3) is 6.08 Å². The molecule has 0 spiro atoms. The van der Waals surface area contributed by atoms with Crippen LogP contribution in [0.15, 0.2) is 6.08 Å². The molecule has 0 saturated carbocycles. The van der Waals surface area contributed by atoms with E-state index in [1.54, 1.807) is 0 Å². The van der Waals surface area contributed by atoms with Crippen LogP contribution in [0.2, 0.25) is 0 Å². The Morgan fingerprint density at radius 1 is 1.00 bits per heavy atom. The lowest BCUT2D eigenvalue weighted by Crippen LogP contribution is -2.03. The van der Waals surface area contributed by atoms with Crippen molar-refractivity contribution in [3.8, 4) is 0 Å². The molecule has 0 aliphatic heterocycles. The van der Waals surface area contributed by atoms with Crippen LogP contribution in [0.4, 0.5) is 22.0 Å². The number of halogens is 5. The Bertz CT molecular complexity index is 484. The molecule has 1 rings (SSSR count). The third-order valence-corrected chi connectivity index (χ3v) is 2.68. The first kappa shape index (κ1) is 14.7. The molecule has 0 heterocycles. The maximum Gasteiger partial charge on any atom is 0.200 e. The third-order valence-electron chi connectivity index (χ3n) is 1.91. The molecule has 7 heteroatoms. The van der Waals surface area contributed by atoms with Gasteiger partial charge in [0.2, 0.25) is 5.82 Å². The number of hydrogen-bond acceptors (Lipinski definition) is 2. The second-order valence-electron chi connectivity index (χ2n) is 3.19. The Morgan fingerprint density at radius 2 is 1.44 bits per heavy atom. The summed E-state index contributed by atoms with van der Waals surface area (Å²) in [5.74, 6) is -9.89. The number of thioether (sulfide) groups is 1. The lowest BCUT2D eigenvalue weighted by atomic mass is 10.1. The SMILES string of the molecule is CC(=O)SCC=Cc1c(F)c(F)c(F)c(F)c1F. The molecular weight excluding hydrogens is 275 g/mol. The fraction of sp³-hybridized carbons (Fsp3) is 0.182. The second-order valence-corrected chi connectivity index (χ2v) is 4.39. The molecule has 0 saturated heterocycles. The minimum Gasteiger partial charge on any atom is -0.288 e. The van der Waals surface area contributed by atoms with Gasteiger partial charge >= 0.3 is 0 Å². The highest BCUT2D eigenvalue weighted by molar-refractivity contribution is 8.13. The second kappa shape index (κ2) is 5.99. The third kappa shape index (κ3) is 3.10. The highest BCUT2D eigenvalue weighted by Gasteiger charge is 2.23. The van der Waals surface area contributed by atoms with Crippen molar-refractivity contribution >= 4 is 23.0 Å². The van der Waals surface area contributed by atoms with Gasteiger partial charge in [-0.1, -0.05) is 23.9 Å². The van der Waals surface area contributed by atoms with Gasteiger partial charge in [0.05, 0.1) is 5.56 Å². The summed E-state index contributed by atoms with van der Waals surface area (Å²) in [6, 6.07) is 0. The summed E-state index contributed by atoms with van der Waals surface area (Å²) >= 11 is 0.842. The van der Waals surface area contributed by atoms with E-state index in [2.05, 4.69) is 0 Å². The first-order chi connectivity index (χ1) is 8.36. The number of carbonyl (C=O) groups is 1. The quantitative estimate of drug-likeness (QED) is 0.478. The molecule has 1 aromatic rings. The molecule has 0 radical (unpaired) electrons. The van der Waals surface area contributed by atoms with Crippen molar-refractivity contribution in [2.75, 3.05) is 5.75 Å². The van der Waals surface area contributed by atoms with Crippen molar-refractivity contribution < 1.29 is 26.7 Å². The van der Waals surface area contributed by atoms with Gasteiger partial charge in [0.1, 0.15) is 0 Å². The van der Waals surface area contributed by atoms with Crippen molar-refractivity contribution in [3.63, 3.8) is 0 Å². The van der Waals surface area contributed by atoms with Gasteiger partial charge in [-0.25, -0.2) is 22.0 Å². The average molecular weight is 282 g/mol. The first-order valence-electron chi connectivity index (χ1n) is 4.67. The molecule has 18 heavy (non-hydrogen) atoms. The summed E-state index contributed by atoms with van der Waals surface area (Å²) in [7, 11) is 0. The monoisotopic (exact) mass is 282 g/mol. The Balaban J connectivity index is 3.06. The Morgan fingerprint density at radius 3 is 1.89 bits per heavy atom. The average Bonchev–Trinajstić information content (AvgIpc) is 2.32. The fourth-order valence-electron chi connectivity index (χ4n) is 1.10. The molecule has 0 unspecified atom stereocenters. The van der Waals surface area contributed by atoms with Gasteiger partial charge in [-0.3, -0.25) is 4.79 Å². The summed E-state index contributed by atoms with van der Waals surface area (Å²) < 4.78 is 64.5. The number of carbonyl (C=O) groups excluding carboxylic acids is 1. The van der Waals surface area contributed by atoms with Crippen molar-refractivity contribution in [1.29, 1.82) is 0 Å². The lowest BCUT2D eigenvalue weighted by Gasteiger charge is -2.03. The molecule has 0 amide bonds. The molecular formula is C11H7F5OS. The van der Waals surface area contributed by atoms with Crippen LogP contribution < -0.4 is 0 Å². The van der Waals surface area contributed by atoms with Crippen molar-refractivity contribution in [3.05, 3.63) is 40.7 Å². The predicted octanol–water partition coefficient (Wildman–Crippen LogP) is 3.68. The van der Waals surface area contributed by atoms with E-state index in [-0.39, 0.29) is 10.9 Å². The van der Waals surface area contributed by atoms with Crippen LogP contribution in [-0.2, 0) is 4.79 Å².